The molecule has 0 saturated carbocycles. The molecule has 0 unspecified atom stereocenters. The quantitative estimate of drug-likeness (QED) is 0.466. The summed E-state index contributed by atoms with van der Waals surface area (Å²) in [5.74, 6) is -0.236. The zero-order chi connectivity index (χ0) is 14.0. The third kappa shape index (κ3) is 2.91. The van der Waals surface area contributed by atoms with Gasteiger partial charge in [-0.1, -0.05) is 6.07 Å². The number of pyridine rings is 1. The van der Waals surface area contributed by atoms with Crippen molar-refractivity contribution in [3.63, 3.8) is 0 Å². The van der Waals surface area contributed by atoms with Crippen molar-refractivity contribution >= 4 is 45.7 Å². The number of aliphatic imine (C=N–C) groups is 1. The Kier molecular flexibility index (Phi) is 4.14. The molecule has 0 N–H and O–H groups in total. The fourth-order valence-electron chi connectivity index (χ4n) is 1.86. The van der Waals surface area contributed by atoms with Gasteiger partial charge in [-0.05, 0) is 47.2 Å². The maximum atomic E-state index is 12.2. The summed E-state index contributed by atoms with van der Waals surface area (Å²) in [7, 11) is 3.66. The van der Waals surface area contributed by atoms with E-state index in [2.05, 4.69) is 32.6 Å². The van der Waals surface area contributed by atoms with Crippen LogP contribution in [0.2, 0.25) is 0 Å². The first-order chi connectivity index (χ1) is 9.00. The van der Waals surface area contributed by atoms with E-state index in [1.807, 2.05) is 39.2 Å². The summed E-state index contributed by atoms with van der Waals surface area (Å²) >= 11 is 2.24. The van der Waals surface area contributed by atoms with E-state index in [4.69, 9.17) is 0 Å². The second-order valence-electron chi connectivity index (χ2n) is 4.46. The Bertz CT molecular complexity index is 665. The van der Waals surface area contributed by atoms with Crippen molar-refractivity contribution in [2.45, 2.75) is 6.92 Å². The number of benzene rings is 1. The van der Waals surface area contributed by atoms with Gasteiger partial charge < -0.3 is 4.90 Å². The molecule has 0 aliphatic carbocycles. The molecule has 0 spiro atoms. The summed E-state index contributed by atoms with van der Waals surface area (Å²) in [6, 6.07) is 5.72. The Balaban J connectivity index is 2.63. The smallest absolute Gasteiger partial charge is 0.279 e. The van der Waals surface area contributed by atoms with Gasteiger partial charge in [0.05, 0.1) is 17.4 Å². The van der Waals surface area contributed by atoms with Crippen LogP contribution in [0.15, 0.2) is 29.4 Å². The number of halogens is 1. The lowest BCUT2D eigenvalue weighted by atomic mass is 10.0. The zero-order valence-electron chi connectivity index (χ0n) is 11.0. The summed E-state index contributed by atoms with van der Waals surface area (Å²) in [5, 5.41) is 0.854. The second-order valence-corrected chi connectivity index (χ2v) is 5.63. The van der Waals surface area contributed by atoms with Crippen LogP contribution >= 0.6 is 22.6 Å². The van der Waals surface area contributed by atoms with E-state index in [-0.39, 0.29) is 5.91 Å². The lowest BCUT2D eigenvalue weighted by molar-refractivity contribution is 0.100. The number of rotatable bonds is 2. The highest BCUT2D eigenvalue weighted by molar-refractivity contribution is 14.1. The summed E-state index contributed by atoms with van der Waals surface area (Å²) in [5.41, 5.74) is 2.39. The van der Waals surface area contributed by atoms with Crippen molar-refractivity contribution < 1.29 is 4.79 Å². The van der Waals surface area contributed by atoms with Crippen LogP contribution in [0.5, 0.6) is 0 Å². The first-order valence-electron chi connectivity index (χ1n) is 5.79. The van der Waals surface area contributed by atoms with Gasteiger partial charge in [0.25, 0.3) is 5.91 Å². The number of aryl methyl sites for hydroxylation is 1. The van der Waals surface area contributed by atoms with E-state index < -0.39 is 0 Å². The van der Waals surface area contributed by atoms with Gasteiger partial charge >= 0.3 is 0 Å². The number of nitrogens with zero attached hydrogens (tertiary/aromatic N) is 3. The summed E-state index contributed by atoms with van der Waals surface area (Å²) < 4.78 is 1.04. The summed E-state index contributed by atoms with van der Waals surface area (Å²) in [6.45, 7) is 1.92. The number of carbonyl (C=O) groups is 1. The number of hydrogen-bond donors (Lipinski definition) is 0. The van der Waals surface area contributed by atoms with Crippen LogP contribution in [0.3, 0.4) is 0 Å². The van der Waals surface area contributed by atoms with E-state index in [0.717, 1.165) is 20.0 Å². The molecule has 0 saturated heterocycles. The van der Waals surface area contributed by atoms with E-state index >= 15 is 0 Å². The Morgan fingerprint density at radius 1 is 1.47 bits per heavy atom. The molecule has 1 amide bonds. The highest BCUT2D eigenvalue weighted by Gasteiger charge is 2.15. The van der Waals surface area contributed by atoms with Crippen molar-refractivity contribution in [2.24, 2.45) is 4.99 Å². The molecule has 0 bridgehead atoms. The molecule has 1 aromatic carbocycles. The van der Waals surface area contributed by atoms with E-state index in [0.29, 0.717) is 5.56 Å². The molecule has 4 nitrogen and oxygen atoms in total. The number of hydrogen-bond acceptors (Lipinski definition) is 2. The zero-order valence-corrected chi connectivity index (χ0v) is 13.2. The van der Waals surface area contributed by atoms with Crippen LogP contribution < -0.4 is 0 Å². The normalized spacial score (nSPS) is 11.2. The van der Waals surface area contributed by atoms with Gasteiger partial charge in [-0.3, -0.25) is 9.78 Å². The molecule has 1 aromatic heterocycles. The van der Waals surface area contributed by atoms with E-state index in [1.54, 1.807) is 11.1 Å². The first kappa shape index (κ1) is 13.9. The number of carbonyl (C=O) groups excluding carboxylic acids is 1. The third-order valence-electron chi connectivity index (χ3n) is 2.66. The van der Waals surface area contributed by atoms with Gasteiger partial charge in [-0.2, -0.15) is 4.99 Å². The fraction of sp³-hybridized carbons (Fsp3) is 0.214. The standard InChI is InChI=1S/C14H14IN3O/c1-9-7-11(15)13-10(5-4-6-16-13)12(9)14(19)17-8-18(2)3/h4-8H,1-3H3/b17-8+. The van der Waals surface area contributed by atoms with Gasteiger partial charge in [0, 0.05) is 29.2 Å². The Hall–Kier alpha value is -1.50. The molecule has 5 heteroatoms. The van der Waals surface area contributed by atoms with Crippen LogP contribution in [0.1, 0.15) is 15.9 Å². The Morgan fingerprint density at radius 3 is 2.89 bits per heavy atom. The maximum absolute atomic E-state index is 12.2. The van der Waals surface area contributed by atoms with Gasteiger partial charge in [-0.25, -0.2) is 0 Å². The minimum absolute atomic E-state index is 0.236. The molecule has 1 heterocycles. The Labute approximate surface area is 125 Å². The molecule has 0 fully saturated rings. The lowest BCUT2D eigenvalue weighted by Crippen LogP contribution is -2.10. The Morgan fingerprint density at radius 2 is 2.21 bits per heavy atom. The van der Waals surface area contributed by atoms with Crippen molar-refractivity contribution in [2.75, 3.05) is 14.1 Å². The third-order valence-corrected chi connectivity index (χ3v) is 3.48. The molecule has 0 aliphatic rings. The topological polar surface area (TPSA) is 45.6 Å². The minimum Gasteiger partial charge on any atom is -0.369 e. The van der Waals surface area contributed by atoms with Crippen LogP contribution in [-0.4, -0.2) is 36.2 Å². The average Bonchev–Trinajstić information content (AvgIpc) is 2.36. The van der Waals surface area contributed by atoms with Gasteiger partial charge in [0.1, 0.15) is 0 Å². The highest BCUT2D eigenvalue weighted by atomic mass is 127. The predicted octanol–water partition coefficient (Wildman–Crippen LogP) is 2.88. The van der Waals surface area contributed by atoms with E-state index in [1.165, 1.54) is 6.34 Å². The van der Waals surface area contributed by atoms with Crippen molar-refractivity contribution in [3.05, 3.63) is 39.1 Å². The summed E-state index contributed by atoms with van der Waals surface area (Å²) in [4.78, 5) is 22.3. The molecule has 98 valence electrons. The maximum Gasteiger partial charge on any atom is 0.279 e. The average molecular weight is 367 g/mol. The molecule has 2 aromatic rings. The van der Waals surface area contributed by atoms with Gasteiger partial charge in [0.2, 0.25) is 0 Å². The predicted molar refractivity (Wildman–Crippen MR) is 85.7 cm³/mol. The molecular formula is C14H14IN3O. The highest BCUT2D eigenvalue weighted by Crippen LogP contribution is 2.26. The van der Waals surface area contributed by atoms with Crippen LogP contribution in [0.25, 0.3) is 10.9 Å². The lowest BCUT2D eigenvalue weighted by Gasteiger charge is -2.09. The molecule has 0 radical (unpaired) electrons. The number of fused-ring (bicyclic) bond motifs is 1. The molecular weight excluding hydrogens is 353 g/mol. The van der Waals surface area contributed by atoms with Crippen molar-refractivity contribution in [3.8, 4) is 0 Å². The van der Waals surface area contributed by atoms with Gasteiger partial charge in [-0.15, -0.1) is 0 Å². The number of aromatic nitrogens is 1. The molecule has 0 atom stereocenters. The first-order valence-corrected chi connectivity index (χ1v) is 6.87. The fourth-order valence-corrected chi connectivity index (χ4v) is 2.75. The monoisotopic (exact) mass is 367 g/mol. The summed E-state index contributed by atoms with van der Waals surface area (Å²) in [6.07, 6.45) is 3.25. The molecule has 2 rings (SSSR count). The molecule has 19 heavy (non-hydrogen) atoms. The second kappa shape index (κ2) is 5.64. The SMILES string of the molecule is Cc1cc(I)c2ncccc2c1C(=O)/N=C/N(C)C. The van der Waals surface area contributed by atoms with E-state index in [9.17, 15) is 4.79 Å². The van der Waals surface area contributed by atoms with Crippen molar-refractivity contribution in [1.82, 2.24) is 9.88 Å². The largest absolute Gasteiger partial charge is 0.369 e. The number of amides is 1. The van der Waals surface area contributed by atoms with Crippen LogP contribution in [0.4, 0.5) is 0 Å². The van der Waals surface area contributed by atoms with Crippen LogP contribution in [0, 0.1) is 10.5 Å². The minimum atomic E-state index is -0.236. The van der Waals surface area contributed by atoms with Crippen LogP contribution in [-0.2, 0) is 0 Å². The molecule has 0 aliphatic heterocycles. The van der Waals surface area contributed by atoms with Gasteiger partial charge in [0.15, 0.2) is 0 Å². The van der Waals surface area contributed by atoms with Crippen molar-refractivity contribution in [1.29, 1.82) is 0 Å².